The summed E-state index contributed by atoms with van der Waals surface area (Å²) in [6.45, 7) is 3.07. The third-order valence-electron chi connectivity index (χ3n) is 3.22. The third kappa shape index (κ3) is 1.92. The molecule has 0 spiro atoms. The van der Waals surface area contributed by atoms with Gasteiger partial charge in [0.1, 0.15) is 0 Å². The third-order valence-corrected chi connectivity index (χ3v) is 3.22. The number of nitrogens with zero attached hydrogens (tertiary/aromatic N) is 1. The number of unbranched alkanes of at least 4 members (excludes halogenated alkanes) is 1. The molecule has 0 aromatic heterocycles. The molecule has 0 unspecified atom stereocenters. The summed E-state index contributed by atoms with van der Waals surface area (Å²) < 4.78 is 0. The SMILES string of the molecule is CCCCN(C(=O)C1(N)CC1)C1CC1. The van der Waals surface area contributed by atoms with Crippen molar-refractivity contribution < 1.29 is 4.79 Å². The van der Waals surface area contributed by atoms with Crippen LogP contribution in [-0.4, -0.2) is 28.9 Å². The number of amides is 1. The van der Waals surface area contributed by atoms with Crippen molar-refractivity contribution in [3.8, 4) is 0 Å². The molecule has 14 heavy (non-hydrogen) atoms. The van der Waals surface area contributed by atoms with Gasteiger partial charge in [0.25, 0.3) is 0 Å². The quantitative estimate of drug-likeness (QED) is 0.719. The summed E-state index contributed by atoms with van der Waals surface area (Å²) in [6, 6.07) is 0.523. The smallest absolute Gasteiger partial charge is 0.242 e. The number of rotatable bonds is 5. The first-order chi connectivity index (χ1) is 6.67. The second-order valence-corrected chi connectivity index (χ2v) is 4.74. The van der Waals surface area contributed by atoms with Gasteiger partial charge in [0.05, 0.1) is 5.54 Å². The number of hydrogen-bond acceptors (Lipinski definition) is 2. The van der Waals surface area contributed by atoms with Gasteiger partial charge >= 0.3 is 0 Å². The van der Waals surface area contributed by atoms with Crippen LogP contribution in [0.2, 0.25) is 0 Å². The zero-order valence-electron chi connectivity index (χ0n) is 8.96. The highest BCUT2D eigenvalue weighted by molar-refractivity contribution is 5.89. The monoisotopic (exact) mass is 196 g/mol. The maximum Gasteiger partial charge on any atom is 0.242 e. The van der Waals surface area contributed by atoms with E-state index >= 15 is 0 Å². The molecule has 0 atom stereocenters. The molecule has 0 heterocycles. The predicted molar refractivity (Wildman–Crippen MR) is 55.8 cm³/mol. The zero-order chi connectivity index (χ0) is 10.2. The Morgan fingerprint density at radius 3 is 2.57 bits per heavy atom. The van der Waals surface area contributed by atoms with E-state index in [1.807, 2.05) is 4.90 Å². The van der Waals surface area contributed by atoms with Crippen molar-refractivity contribution in [1.82, 2.24) is 4.90 Å². The van der Waals surface area contributed by atoms with Crippen molar-refractivity contribution >= 4 is 5.91 Å². The molecule has 2 N–H and O–H groups in total. The minimum Gasteiger partial charge on any atom is -0.338 e. The molecule has 0 bridgehead atoms. The van der Waals surface area contributed by atoms with Gasteiger partial charge < -0.3 is 10.6 Å². The molecule has 2 aliphatic carbocycles. The van der Waals surface area contributed by atoms with Crippen LogP contribution < -0.4 is 5.73 Å². The molecule has 3 nitrogen and oxygen atoms in total. The fourth-order valence-electron chi connectivity index (χ4n) is 1.80. The highest BCUT2D eigenvalue weighted by atomic mass is 16.2. The van der Waals surface area contributed by atoms with Crippen LogP contribution in [0, 0.1) is 0 Å². The van der Waals surface area contributed by atoms with Gasteiger partial charge in [0.15, 0.2) is 0 Å². The van der Waals surface area contributed by atoms with E-state index in [1.165, 1.54) is 12.8 Å². The maximum absolute atomic E-state index is 12.0. The number of nitrogens with two attached hydrogens (primary N) is 1. The van der Waals surface area contributed by atoms with Crippen LogP contribution in [-0.2, 0) is 4.79 Å². The molecule has 0 aliphatic heterocycles. The first-order valence-electron chi connectivity index (χ1n) is 5.77. The van der Waals surface area contributed by atoms with Crippen LogP contribution in [0.15, 0.2) is 0 Å². The van der Waals surface area contributed by atoms with Crippen molar-refractivity contribution in [1.29, 1.82) is 0 Å². The summed E-state index contributed by atoms with van der Waals surface area (Å²) in [5, 5.41) is 0. The lowest BCUT2D eigenvalue weighted by Crippen LogP contribution is -2.47. The van der Waals surface area contributed by atoms with E-state index < -0.39 is 5.54 Å². The Morgan fingerprint density at radius 2 is 2.14 bits per heavy atom. The van der Waals surface area contributed by atoms with Gasteiger partial charge in [0, 0.05) is 12.6 Å². The Morgan fingerprint density at radius 1 is 1.50 bits per heavy atom. The Labute approximate surface area is 85.6 Å². The molecule has 0 aromatic carbocycles. The van der Waals surface area contributed by atoms with Crippen LogP contribution in [0.3, 0.4) is 0 Å². The molecule has 0 aromatic rings. The molecule has 1 amide bonds. The van der Waals surface area contributed by atoms with E-state index in [9.17, 15) is 4.79 Å². The van der Waals surface area contributed by atoms with E-state index in [0.717, 1.165) is 32.2 Å². The van der Waals surface area contributed by atoms with Crippen LogP contribution in [0.5, 0.6) is 0 Å². The average Bonchev–Trinajstić information content (AvgIpc) is 3.01. The van der Waals surface area contributed by atoms with Gasteiger partial charge in [-0.05, 0) is 32.1 Å². The van der Waals surface area contributed by atoms with Crippen molar-refractivity contribution in [2.24, 2.45) is 5.73 Å². The zero-order valence-corrected chi connectivity index (χ0v) is 8.96. The second kappa shape index (κ2) is 3.54. The number of hydrogen-bond donors (Lipinski definition) is 1. The first kappa shape index (κ1) is 9.97. The molecular formula is C11H20N2O. The molecule has 0 saturated heterocycles. The highest BCUT2D eigenvalue weighted by Crippen LogP contribution is 2.38. The Bertz CT molecular complexity index is 231. The lowest BCUT2D eigenvalue weighted by atomic mass is 10.2. The van der Waals surface area contributed by atoms with E-state index in [1.54, 1.807) is 0 Å². The summed E-state index contributed by atoms with van der Waals surface area (Å²) in [4.78, 5) is 14.1. The van der Waals surface area contributed by atoms with E-state index in [0.29, 0.717) is 6.04 Å². The highest BCUT2D eigenvalue weighted by Gasteiger charge is 2.50. The molecule has 0 radical (unpaired) electrons. The maximum atomic E-state index is 12.0. The van der Waals surface area contributed by atoms with Crippen LogP contribution >= 0.6 is 0 Å². The summed E-state index contributed by atoms with van der Waals surface area (Å²) in [6.07, 6.45) is 6.41. The summed E-state index contributed by atoms with van der Waals surface area (Å²) in [5.74, 6) is 0.216. The number of carbonyl (C=O) groups is 1. The molecular weight excluding hydrogens is 176 g/mol. The van der Waals surface area contributed by atoms with Gasteiger partial charge in [-0.25, -0.2) is 0 Å². The molecule has 2 rings (SSSR count). The van der Waals surface area contributed by atoms with Crippen molar-refractivity contribution in [2.75, 3.05) is 6.54 Å². The topological polar surface area (TPSA) is 46.3 Å². The second-order valence-electron chi connectivity index (χ2n) is 4.74. The Kier molecular flexibility index (Phi) is 2.52. The Hall–Kier alpha value is -0.570. The van der Waals surface area contributed by atoms with Gasteiger partial charge in [0.2, 0.25) is 5.91 Å². The Balaban J connectivity index is 1.92. The van der Waals surface area contributed by atoms with Crippen molar-refractivity contribution in [3.05, 3.63) is 0 Å². The minimum atomic E-state index is -0.462. The standard InChI is InChI=1S/C11H20N2O/c1-2-3-8-13(9-4-5-9)10(14)11(12)6-7-11/h9H,2-8,12H2,1H3. The van der Waals surface area contributed by atoms with Crippen LogP contribution in [0.4, 0.5) is 0 Å². The van der Waals surface area contributed by atoms with Crippen molar-refractivity contribution in [2.45, 2.75) is 57.0 Å². The summed E-state index contributed by atoms with van der Waals surface area (Å²) in [5.41, 5.74) is 5.48. The largest absolute Gasteiger partial charge is 0.338 e. The summed E-state index contributed by atoms with van der Waals surface area (Å²) >= 11 is 0. The predicted octanol–water partition coefficient (Wildman–Crippen LogP) is 1.27. The normalized spacial score (nSPS) is 23.3. The van der Waals surface area contributed by atoms with E-state index in [2.05, 4.69) is 6.92 Å². The fraction of sp³-hybridized carbons (Fsp3) is 0.909. The van der Waals surface area contributed by atoms with E-state index in [-0.39, 0.29) is 5.91 Å². The van der Waals surface area contributed by atoms with Crippen LogP contribution in [0.1, 0.15) is 45.4 Å². The average molecular weight is 196 g/mol. The van der Waals surface area contributed by atoms with Gasteiger partial charge in [-0.3, -0.25) is 4.79 Å². The molecule has 80 valence electrons. The number of carbonyl (C=O) groups excluding carboxylic acids is 1. The lowest BCUT2D eigenvalue weighted by molar-refractivity contribution is -0.134. The van der Waals surface area contributed by atoms with Gasteiger partial charge in [-0.2, -0.15) is 0 Å². The van der Waals surface area contributed by atoms with E-state index in [4.69, 9.17) is 5.73 Å². The lowest BCUT2D eigenvalue weighted by Gasteiger charge is -2.25. The molecule has 2 saturated carbocycles. The van der Waals surface area contributed by atoms with Gasteiger partial charge in [-0.15, -0.1) is 0 Å². The summed E-state index contributed by atoms with van der Waals surface area (Å²) in [7, 11) is 0. The van der Waals surface area contributed by atoms with Gasteiger partial charge in [-0.1, -0.05) is 13.3 Å². The fourth-order valence-corrected chi connectivity index (χ4v) is 1.80. The molecule has 2 fully saturated rings. The van der Waals surface area contributed by atoms with Crippen LogP contribution in [0.25, 0.3) is 0 Å². The first-order valence-corrected chi connectivity index (χ1v) is 5.77. The molecule has 2 aliphatic rings. The minimum absolute atomic E-state index is 0.216. The molecule has 3 heteroatoms. The van der Waals surface area contributed by atoms with Crippen molar-refractivity contribution in [3.63, 3.8) is 0 Å².